The molecule has 0 aliphatic heterocycles. The summed E-state index contributed by atoms with van der Waals surface area (Å²) < 4.78 is 10.4. The van der Waals surface area contributed by atoms with Crippen molar-refractivity contribution in [3.05, 3.63) is 24.2 Å². The van der Waals surface area contributed by atoms with E-state index in [0.717, 1.165) is 44.9 Å². The molecular formula is C18H30O4. The number of carbonyl (C=O) groups excluding carboxylic acids is 1. The monoisotopic (exact) mass is 310 g/mol. The molecular weight excluding hydrogens is 280 g/mol. The third kappa shape index (κ3) is 8.88. The molecule has 0 saturated heterocycles. The highest BCUT2D eigenvalue weighted by Crippen LogP contribution is 2.20. The Hall–Kier alpha value is -1.29. The van der Waals surface area contributed by atoms with Crippen molar-refractivity contribution in [2.24, 2.45) is 0 Å². The number of hydrogen-bond acceptors (Lipinski definition) is 4. The molecule has 0 amide bonds. The molecule has 0 aromatic carbocycles. The minimum atomic E-state index is -0.484. The quantitative estimate of drug-likeness (QED) is 0.499. The van der Waals surface area contributed by atoms with Gasteiger partial charge in [-0.05, 0) is 45.7 Å². The summed E-state index contributed by atoms with van der Waals surface area (Å²) in [5, 5.41) is 9.86. The molecule has 0 spiro atoms. The summed E-state index contributed by atoms with van der Waals surface area (Å²) in [6.07, 6.45) is 8.66. The molecule has 1 rings (SSSR count). The van der Waals surface area contributed by atoms with Gasteiger partial charge in [0, 0.05) is 6.42 Å². The standard InChI is InChI=1S/C18H30O4/c1-18(2,3)22-17(20)13-9-7-5-4-6-8-11-15(19)16-12-10-14-21-16/h10,12,14-15,19H,4-9,11,13H2,1-3H3/t15-/m0/s1. The lowest BCUT2D eigenvalue weighted by molar-refractivity contribution is -0.154. The Labute approximate surface area is 133 Å². The van der Waals surface area contributed by atoms with E-state index in [1.54, 1.807) is 18.4 Å². The van der Waals surface area contributed by atoms with Crippen LogP contribution in [0.3, 0.4) is 0 Å². The Morgan fingerprint density at radius 3 is 2.41 bits per heavy atom. The average molecular weight is 310 g/mol. The van der Waals surface area contributed by atoms with Crippen LogP contribution in [0.1, 0.15) is 84.0 Å². The van der Waals surface area contributed by atoms with E-state index >= 15 is 0 Å². The van der Waals surface area contributed by atoms with E-state index in [1.165, 1.54) is 0 Å². The number of furan rings is 1. The zero-order valence-corrected chi connectivity index (χ0v) is 14.1. The van der Waals surface area contributed by atoms with Crippen molar-refractivity contribution in [2.45, 2.75) is 83.8 Å². The molecule has 0 aliphatic rings. The molecule has 0 fully saturated rings. The van der Waals surface area contributed by atoms with Gasteiger partial charge in [-0.1, -0.05) is 32.1 Å². The van der Waals surface area contributed by atoms with Gasteiger partial charge in [-0.3, -0.25) is 4.79 Å². The van der Waals surface area contributed by atoms with Gasteiger partial charge in [-0.25, -0.2) is 0 Å². The number of esters is 1. The van der Waals surface area contributed by atoms with Gasteiger partial charge >= 0.3 is 5.97 Å². The predicted octanol–water partition coefficient (Wildman–Crippen LogP) is 4.78. The molecule has 4 nitrogen and oxygen atoms in total. The molecule has 1 heterocycles. The minimum absolute atomic E-state index is 0.103. The number of ether oxygens (including phenoxy) is 1. The highest BCUT2D eigenvalue weighted by molar-refractivity contribution is 5.69. The van der Waals surface area contributed by atoms with Crippen LogP contribution in [-0.2, 0) is 9.53 Å². The topological polar surface area (TPSA) is 59.7 Å². The van der Waals surface area contributed by atoms with Crippen LogP contribution in [0.15, 0.2) is 22.8 Å². The summed E-state index contributed by atoms with van der Waals surface area (Å²) >= 11 is 0. The van der Waals surface area contributed by atoms with Gasteiger partial charge in [0.2, 0.25) is 0 Å². The highest BCUT2D eigenvalue weighted by atomic mass is 16.6. The molecule has 22 heavy (non-hydrogen) atoms. The summed E-state index contributed by atoms with van der Waals surface area (Å²) in [5.74, 6) is 0.548. The van der Waals surface area contributed by atoms with Crippen molar-refractivity contribution in [3.8, 4) is 0 Å². The van der Waals surface area contributed by atoms with Gasteiger partial charge < -0.3 is 14.3 Å². The molecule has 0 unspecified atom stereocenters. The number of carbonyl (C=O) groups is 1. The molecule has 0 aliphatic carbocycles. The Morgan fingerprint density at radius 1 is 1.18 bits per heavy atom. The zero-order chi connectivity index (χ0) is 16.4. The summed E-state index contributed by atoms with van der Waals surface area (Å²) in [4.78, 5) is 11.5. The lowest BCUT2D eigenvalue weighted by Crippen LogP contribution is -2.23. The molecule has 0 radical (unpaired) electrons. The fourth-order valence-corrected chi connectivity index (χ4v) is 2.33. The molecule has 0 bridgehead atoms. The fourth-order valence-electron chi connectivity index (χ4n) is 2.33. The van der Waals surface area contributed by atoms with Gasteiger partial charge in [0.1, 0.15) is 17.5 Å². The van der Waals surface area contributed by atoms with E-state index in [4.69, 9.17) is 9.15 Å². The summed E-state index contributed by atoms with van der Waals surface area (Å²) in [5.41, 5.74) is -0.383. The second-order valence-corrected chi connectivity index (χ2v) is 6.78. The van der Waals surface area contributed by atoms with Crippen molar-refractivity contribution in [2.75, 3.05) is 0 Å². The van der Waals surface area contributed by atoms with Crippen molar-refractivity contribution in [1.82, 2.24) is 0 Å². The predicted molar refractivity (Wildman–Crippen MR) is 86.4 cm³/mol. The minimum Gasteiger partial charge on any atom is -0.467 e. The van der Waals surface area contributed by atoms with Crippen LogP contribution in [0, 0.1) is 0 Å². The summed E-state index contributed by atoms with van der Waals surface area (Å²) in [6, 6.07) is 3.60. The normalized spacial score (nSPS) is 13.1. The highest BCUT2D eigenvalue weighted by Gasteiger charge is 2.15. The molecule has 1 aromatic rings. The van der Waals surface area contributed by atoms with Gasteiger partial charge in [0.05, 0.1) is 6.26 Å². The van der Waals surface area contributed by atoms with E-state index in [9.17, 15) is 9.90 Å². The first-order chi connectivity index (χ1) is 10.4. The number of aliphatic hydroxyl groups excluding tert-OH is 1. The third-order valence-corrected chi connectivity index (χ3v) is 3.40. The second kappa shape index (κ2) is 9.67. The molecule has 4 heteroatoms. The van der Waals surface area contributed by atoms with Gasteiger partial charge in [-0.2, -0.15) is 0 Å². The maximum absolute atomic E-state index is 11.5. The first-order valence-electron chi connectivity index (χ1n) is 8.32. The smallest absolute Gasteiger partial charge is 0.306 e. The third-order valence-electron chi connectivity index (χ3n) is 3.40. The van der Waals surface area contributed by atoms with Gasteiger partial charge in [-0.15, -0.1) is 0 Å². The van der Waals surface area contributed by atoms with Crippen LogP contribution < -0.4 is 0 Å². The lowest BCUT2D eigenvalue weighted by atomic mass is 10.1. The molecule has 1 aromatic heterocycles. The molecule has 1 N–H and O–H groups in total. The molecule has 126 valence electrons. The zero-order valence-electron chi connectivity index (χ0n) is 14.1. The van der Waals surface area contributed by atoms with Crippen LogP contribution in [0.2, 0.25) is 0 Å². The largest absolute Gasteiger partial charge is 0.467 e. The molecule has 0 saturated carbocycles. The van der Waals surface area contributed by atoms with Gasteiger partial charge in [0.15, 0.2) is 0 Å². The Bertz CT molecular complexity index is 403. The summed E-state index contributed by atoms with van der Waals surface area (Å²) in [7, 11) is 0. The maximum Gasteiger partial charge on any atom is 0.306 e. The first-order valence-corrected chi connectivity index (χ1v) is 8.32. The van der Waals surface area contributed by atoms with Crippen molar-refractivity contribution >= 4 is 5.97 Å². The number of rotatable bonds is 10. The number of unbranched alkanes of at least 4 members (excludes halogenated alkanes) is 5. The van der Waals surface area contributed by atoms with Crippen molar-refractivity contribution < 1.29 is 19.1 Å². The Kier molecular flexibility index (Phi) is 8.25. The van der Waals surface area contributed by atoms with Crippen molar-refractivity contribution in [3.63, 3.8) is 0 Å². The Balaban J connectivity index is 1.93. The summed E-state index contributed by atoms with van der Waals surface area (Å²) in [6.45, 7) is 5.67. The number of hydrogen-bond donors (Lipinski definition) is 1. The van der Waals surface area contributed by atoms with E-state index in [2.05, 4.69) is 0 Å². The van der Waals surface area contributed by atoms with Crippen LogP contribution in [0.4, 0.5) is 0 Å². The van der Waals surface area contributed by atoms with Crippen LogP contribution in [0.5, 0.6) is 0 Å². The van der Waals surface area contributed by atoms with E-state index in [0.29, 0.717) is 12.2 Å². The van der Waals surface area contributed by atoms with Crippen LogP contribution >= 0.6 is 0 Å². The van der Waals surface area contributed by atoms with Crippen LogP contribution in [0.25, 0.3) is 0 Å². The maximum atomic E-state index is 11.5. The molecule has 1 atom stereocenters. The van der Waals surface area contributed by atoms with Crippen LogP contribution in [-0.4, -0.2) is 16.7 Å². The lowest BCUT2D eigenvalue weighted by Gasteiger charge is -2.19. The van der Waals surface area contributed by atoms with E-state index in [1.807, 2.05) is 20.8 Å². The number of aliphatic hydroxyl groups is 1. The first kappa shape index (κ1) is 18.8. The van der Waals surface area contributed by atoms with Crippen molar-refractivity contribution in [1.29, 1.82) is 0 Å². The SMILES string of the molecule is CC(C)(C)OC(=O)CCCCCCCC[C@H](O)c1ccco1. The second-order valence-electron chi connectivity index (χ2n) is 6.78. The van der Waals surface area contributed by atoms with Gasteiger partial charge in [0.25, 0.3) is 0 Å². The van der Waals surface area contributed by atoms with E-state index in [-0.39, 0.29) is 11.6 Å². The Morgan fingerprint density at radius 2 is 1.82 bits per heavy atom. The fraction of sp³-hybridized carbons (Fsp3) is 0.722. The van der Waals surface area contributed by atoms with E-state index < -0.39 is 6.10 Å². The average Bonchev–Trinajstić information content (AvgIpc) is 2.93.